The van der Waals surface area contributed by atoms with Crippen LogP contribution in [0.1, 0.15) is 51.9 Å². The first kappa shape index (κ1) is 13.1. The van der Waals surface area contributed by atoms with Gasteiger partial charge in [0.25, 0.3) is 6.43 Å². The van der Waals surface area contributed by atoms with Gasteiger partial charge < -0.3 is 0 Å². The van der Waals surface area contributed by atoms with E-state index in [-0.39, 0.29) is 17.9 Å². The lowest BCUT2D eigenvalue weighted by atomic mass is 9.91. The highest BCUT2D eigenvalue weighted by Crippen LogP contribution is 2.26. The molecule has 0 aliphatic carbocycles. The Morgan fingerprint density at radius 2 is 1.88 bits per heavy atom. The molecule has 1 aromatic rings. The average Bonchev–Trinajstić information content (AvgIpc) is 2.45. The van der Waals surface area contributed by atoms with E-state index in [1.807, 2.05) is 40.7 Å². The van der Waals surface area contributed by atoms with Crippen LogP contribution in [0, 0.1) is 0 Å². The van der Waals surface area contributed by atoms with Crippen molar-refractivity contribution in [3.63, 3.8) is 0 Å². The van der Waals surface area contributed by atoms with Crippen LogP contribution >= 0.6 is 0 Å². The molecule has 0 radical (unpaired) electrons. The minimum atomic E-state index is -2.36. The zero-order valence-corrected chi connectivity index (χ0v) is 10.6. The van der Waals surface area contributed by atoms with Crippen LogP contribution in [0.3, 0.4) is 0 Å². The fraction of sp³-hybridized carbons (Fsp3) is 0.750. The van der Waals surface area contributed by atoms with Crippen molar-refractivity contribution in [2.24, 2.45) is 0 Å². The van der Waals surface area contributed by atoms with E-state index >= 15 is 0 Å². The van der Waals surface area contributed by atoms with Gasteiger partial charge in [0.1, 0.15) is 6.54 Å². The van der Waals surface area contributed by atoms with Crippen LogP contribution in [-0.4, -0.2) is 16.2 Å². The molecule has 1 aromatic heterocycles. The molecule has 0 atom stereocenters. The van der Waals surface area contributed by atoms with Crippen molar-refractivity contribution >= 4 is 0 Å². The van der Waals surface area contributed by atoms with E-state index in [4.69, 9.17) is 0 Å². The summed E-state index contributed by atoms with van der Waals surface area (Å²) in [5.41, 5.74) is 1.59. The summed E-state index contributed by atoms with van der Waals surface area (Å²) in [5.74, 6) is 0.264. The fourth-order valence-corrected chi connectivity index (χ4v) is 1.59. The molecule has 4 heteroatoms. The molecule has 0 unspecified atom stereocenters. The number of hydrogen-bond acceptors (Lipinski definition) is 1. The molecule has 0 spiro atoms. The van der Waals surface area contributed by atoms with E-state index in [0.29, 0.717) is 0 Å². The monoisotopic (exact) mass is 230 g/mol. The Kier molecular flexibility index (Phi) is 3.71. The molecule has 0 N–H and O–H groups in total. The van der Waals surface area contributed by atoms with Gasteiger partial charge in [-0.1, -0.05) is 34.6 Å². The molecular weight excluding hydrogens is 210 g/mol. The van der Waals surface area contributed by atoms with Gasteiger partial charge in [-0.2, -0.15) is 5.10 Å². The first-order valence-electron chi connectivity index (χ1n) is 5.58. The fourth-order valence-electron chi connectivity index (χ4n) is 1.59. The van der Waals surface area contributed by atoms with E-state index in [9.17, 15) is 8.78 Å². The maximum Gasteiger partial charge on any atom is 0.257 e. The van der Waals surface area contributed by atoms with Crippen LogP contribution in [-0.2, 0) is 12.0 Å². The van der Waals surface area contributed by atoms with Gasteiger partial charge in [0, 0.05) is 11.1 Å². The Hall–Kier alpha value is -0.930. The second-order valence-electron chi connectivity index (χ2n) is 5.43. The summed E-state index contributed by atoms with van der Waals surface area (Å²) < 4.78 is 26.3. The molecule has 92 valence electrons. The van der Waals surface area contributed by atoms with E-state index in [1.165, 1.54) is 4.68 Å². The molecule has 1 rings (SSSR count). The van der Waals surface area contributed by atoms with E-state index in [2.05, 4.69) is 5.10 Å². The van der Waals surface area contributed by atoms with Gasteiger partial charge in [-0.25, -0.2) is 8.78 Å². The summed E-state index contributed by atoms with van der Waals surface area (Å²) in [6.45, 7) is 9.74. The first-order chi connectivity index (χ1) is 7.21. The standard InChI is InChI=1S/C12H20F2N2/c1-8(2)9-6-10(12(3,4)5)16(15-9)7-11(13)14/h6,8,11H,7H2,1-5H3. The predicted molar refractivity (Wildman–Crippen MR) is 61.0 cm³/mol. The summed E-state index contributed by atoms with van der Waals surface area (Å²) in [4.78, 5) is 0. The maximum absolute atomic E-state index is 12.4. The highest BCUT2D eigenvalue weighted by atomic mass is 19.3. The Morgan fingerprint density at radius 3 is 2.25 bits per heavy atom. The predicted octanol–water partition coefficient (Wildman–Crippen LogP) is 3.57. The quantitative estimate of drug-likeness (QED) is 0.776. The van der Waals surface area contributed by atoms with E-state index in [0.717, 1.165) is 11.4 Å². The number of rotatable bonds is 3. The van der Waals surface area contributed by atoms with Crippen LogP contribution in [0.4, 0.5) is 8.78 Å². The Bertz CT molecular complexity index is 348. The molecule has 0 saturated carbocycles. The molecule has 0 bridgehead atoms. The van der Waals surface area contributed by atoms with E-state index in [1.54, 1.807) is 0 Å². The number of hydrogen-bond donors (Lipinski definition) is 0. The van der Waals surface area contributed by atoms with Crippen molar-refractivity contribution < 1.29 is 8.78 Å². The topological polar surface area (TPSA) is 17.8 Å². The Morgan fingerprint density at radius 1 is 1.31 bits per heavy atom. The number of nitrogens with zero attached hydrogens (tertiary/aromatic N) is 2. The van der Waals surface area contributed by atoms with Crippen LogP contribution in [0.25, 0.3) is 0 Å². The smallest absolute Gasteiger partial charge is 0.257 e. The van der Waals surface area contributed by atoms with Crippen molar-refractivity contribution in [2.75, 3.05) is 0 Å². The van der Waals surface area contributed by atoms with Gasteiger partial charge in [0.15, 0.2) is 0 Å². The zero-order chi connectivity index (χ0) is 12.5. The van der Waals surface area contributed by atoms with Gasteiger partial charge in [-0.05, 0) is 12.0 Å². The van der Waals surface area contributed by atoms with Crippen molar-refractivity contribution in [3.8, 4) is 0 Å². The van der Waals surface area contributed by atoms with Crippen LogP contribution < -0.4 is 0 Å². The average molecular weight is 230 g/mol. The third kappa shape index (κ3) is 3.03. The second-order valence-corrected chi connectivity index (χ2v) is 5.43. The van der Waals surface area contributed by atoms with Crippen LogP contribution in [0.15, 0.2) is 6.07 Å². The van der Waals surface area contributed by atoms with Crippen molar-refractivity contribution in [1.29, 1.82) is 0 Å². The summed E-state index contributed by atoms with van der Waals surface area (Å²) in [7, 11) is 0. The maximum atomic E-state index is 12.4. The molecule has 0 amide bonds. The first-order valence-corrected chi connectivity index (χ1v) is 5.58. The van der Waals surface area contributed by atoms with Gasteiger partial charge >= 0.3 is 0 Å². The molecule has 0 fully saturated rings. The number of alkyl halides is 2. The highest BCUT2D eigenvalue weighted by Gasteiger charge is 2.23. The minimum absolute atomic E-state index is 0.158. The third-order valence-electron chi connectivity index (χ3n) is 2.47. The lowest BCUT2D eigenvalue weighted by Gasteiger charge is -2.19. The van der Waals surface area contributed by atoms with Crippen LogP contribution in [0.5, 0.6) is 0 Å². The molecule has 16 heavy (non-hydrogen) atoms. The summed E-state index contributed by atoms with van der Waals surface area (Å²) >= 11 is 0. The molecule has 0 saturated heterocycles. The summed E-state index contributed by atoms with van der Waals surface area (Å²) in [5, 5.41) is 4.25. The summed E-state index contributed by atoms with van der Waals surface area (Å²) in [6.07, 6.45) is -2.36. The Balaban J connectivity index is 3.13. The summed E-state index contributed by atoms with van der Waals surface area (Å²) in [6, 6.07) is 1.94. The van der Waals surface area contributed by atoms with Gasteiger partial charge in [-0.15, -0.1) is 0 Å². The molecular formula is C12H20F2N2. The molecule has 1 heterocycles. The Labute approximate surface area is 95.7 Å². The van der Waals surface area contributed by atoms with Gasteiger partial charge in [0.2, 0.25) is 0 Å². The third-order valence-corrected chi connectivity index (χ3v) is 2.47. The SMILES string of the molecule is CC(C)c1cc(C(C)(C)C)n(CC(F)F)n1. The normalized spacial score (nSPS) is 12.8. The minimum Gasteiger partial charge on any atom is -0.263 e. The van der Waals surface area contributed by atoms with Crippen molar-refractivity contribution in [3.05, 3.63) is 17.5 Å². The second kappa shape index (κ2) is 4.52. The largest absolute Gasteiger partial charge is 0.263 e. The molecule has 0 aliphatic heterocycles. The van der Waals surface area contributed by atoms with Crippen molar-refractivity contribution in [2.45, 2.75) is 58.9 Å². The highest BCUT2D eigenvalue weighted by molar-refractivity contribution is 5.20. The lowest BCUT2D eigenvalue weighted by Crippen LogP contribution is -2.20. The number of halogens is 2. The van der Waals surface area contributed by atoms with Gasteiger partial charge in [-0.3, -0.25) is 4.68 Å². The molecule has 0 aliphatic rings. The zero-order valence-electron chi connectivity index (χ0n) is 10.6. The van der Waals surface area contributed by atoms with E-state index < -0.39 is 6.43 Å². The molecule has 2 nitrogen and oxygen atoms in total. The van der Waals surface area contributed by atoms with Gasteiger partial charge in [0.05, 0.1) is 5.69 Å². The molecule has 0 aromatic carbocycles. The van der Waals surface area contributed by atoms with Crippen LogP contribution in [0.2, 0.25) is 0 Å². The number of aromatic nitrogens is 2. The lowest BCUT2D eigenvalue weighted by molar-refractivity contribution is 0.119. The van der Waals surface area contributed by atoms with Crippen molar-refractivity contribution in [1.82, 2.24) is 9.78 Å².